The molecular weight excluding hydrogens is 404 g/mol. The standard InChI is InChI=1S/C22H26N2O5S/c1-4-29-17-8-5-7-16(15-17)24-21(25)19(18-9-6-14-30-18)20(22(24)26)23(10-12-27-2)11-13-28-3/h5-9,14-15H,4,10-13H2,1-3H3. The van der Waals surface area contributed by atoms with Crippen molar-refractivity contribution in [2.75, 3.05) is 52.0 Å². The summed E-state index contributed by atoms with van der Waals surface area (Å²) in [6.45, 7) is 4.16. The SMILES string of the molecule is CCOc1cccc(N2C(=O)C(c3cccs3)=C(N(CCOC)CCOC)C2=O)c1. The highest BCUT2D eigenvalue weighted by atomic mass is 32.1. The lowest BCUT2D eigenvalue weighted by molar-refractivity contribution is -0.120. The molecule has 0 spiro atoms. The van der Waals surface area contributed by atoms with Gasteiger partial charge in [-0.1, -0.05) is 12.1 Å². The molecule has 0 bridgehead atoms. The largest absolute Gasteiger partial charge is 0.494 e. The molecule has 2 amide bonds. The summed E-state index contributed by atoms with van der Waals surface area (Å²) in [5.41, 5.74) is 1.26. The van der Waals surface area contributed by atoms with Crippen molar-refractivity contribution in [3.8, 4) is 5.75 Å². The highest BCUT2D eigenvalue weighted by Gasteiger charge is 2.42. The van der Waals surface area contributed by atoms with Gasteiger partial charge in [-0.05, 0) is 30.5 Å². The molecule has 0 fully saturated rings. The van der Waals surface area contributed by atoms with Crippen LogP contribution in [0.15, 0.2) is 47.5 Å². The molecule has 1 aliphatic rings. The van der Waals surface area contributed by atoms with E-state index in [1.165, 1.54) is 16.2 Å². The number of anilines is 1. The molecule has 0 N–H and O–H groups in total. The van der Waals surface area contributed by atoms with Crippen LogP contribution in [0.4, 0.5) is 5.69 Å². The number of carbonyl (C=O) groups is 2. The van der Waals surface area contributed by atoms with E-state index >= 15 is 0 Å². The van der Waals surface area contributed by atoms with Gasteiger partial charge in [0.25, 0.3) is 11.8 Å². The van der Waals surface area contributed by atoms with Crippen LogP contribution < -0.4 is 9.64 Å². The molecule has 0 atom stereocenters. The van der Waals surface area contributed by atoms with Crippen LogP contribution in [0.25, 0.3) is 5.57 Å². The fourth-order valence-corrected chi connectivity index (χ4v) is 4.07. The van der Waals surface area contributed by atoms with Gasteiger partial charge in [-0.3, -0.25) is 9.59 Å². The van der Waals surface area contributed by atoms with Crippen molar-refractivity contribution in [2.45, 2.75) is 6.92 Å². The topological polar surface area (TPSA) is 68.3 Å². The van der Waals surface area contributed by atoms with Crippen LogP contribution in [-0.4, -0.2) is 63.8 Å². The molecule has 0 saturated carbocycles. The zero-order valence-corrected chi connectivity index (χ0v) is 18.2. The third-order valence-electron chi connectivity index (χ3n) is 4.66. The van der Waals surface area contributed by atoms with E-state index in [4.69, 9.17) is 14.2 Å². The first-order chi connectivity index (χ1) is 14.6. The molecule has 30 heavy (non-hydrogen) atoms. The molecule has 0 radical (unpaired) electrons. The van der Waals surface area contributed by atoms with E-state index in [-0.39, 0.29) is 11.8 Å². The second-order valence-electron chi connectivity index (χ2n) is 6.55. The minimum Gasteiger partial charge on any atom is -0.494 e. The lowest BCUT2D eigenvalue weighted by atomic mass is 10.1. The zero-order valence-electron chi connectivity index (χ0n) is 17.4. The first kappa shape index (κ1) is 22.0. The predicted octanol–water partition coefficient (Wildman–Crippen LogP) is 3.03. The Balaban J connectivity index is 2.05. The Bertz CT molecular complexity index is 902. The molecule has 2 heterocycles. The minimum absolute atomic E-state index is 0.342. The molecule has 1 aromatic heterocycles. The molecule has 0 unspecified atom stereocenters. The van der Waals surface area contributed by atoms with Crippen molar-refractivity contribution >= 4 is 34.4 Å². The summed E-state index contributed by atoms with van der Waals surface area (Å²) in [5, 5.41) is 1.89. The maximum atomic E-state index is 13.5. The fraction of sp³-hybridized carbons (Fsp3) is 0.364. The van der Waals surface area contributed by atoms with E-state index in [0.717, 1.165) is 4.88 Å². The average Bonchev–Trinajstić information content (AvgIpc) is 3.35. The van der Waals surface area contributed by atoms with Gasteiger partial charge in [0.2, 0.25) is 0 Å². The molecule has 8 heteroatoms. The van der Waals surface area contributed by atoms with Gasteiger partial charge in [-0.25, -0.2) is 4.90 Å². The van der Waals surface area contributed by atoms with Crippen molar-refractivity contribution in [2.24, 2.45) is 0 Å². The second kappa shape index (κ2) is 10.4. The Morgan fingerprint density at radius 3 is 2.33 bits per heavy atom. The van der Waals surface area contributed by atoms with Gasteiger partial charge in [0.05, 0.1) is 31.1 Å². The summed E-state index contributed by atoms with van der Waals surface area (Å²) in [6.07, 6.45) is 0. The highest BCUT2D eigenvalue weighted by molar-refractivity contribution is 7.11. The third kappa shape index (κ3) is 4.56. The van der Waals surface area contributed by atoms with Gasteiger partial charge < -0.3 is 19.1 Å². The molecule has 160 valence electrons. The lowest BCUT2D eigenvalue weighted by Gasteiger charge is -2.25. The Labute approximate surface area is 180 Å². The summed E-state index contributed by atoms with van der Waals surface area (Å²) in [5.74, 6) is -0.0902. The number of rotatable bonds is 11. The highest BCUT2D eigenvalue weighted by Crippen LogP contribution is 2.37. The van der Waals surface area contributed by atoms with Crippen LogP contribution in [0.5, 0.6) is 5.75 Å². The summed E-state index contributed by atoms with van der Waals surface area (Å²) >= 11 is 1.43. The Hall–Kier alpha value is -2.68. The van der Waals surface area contributed by atoms with Crippen LogP contribution in [0.1, 0.15) is 11.8 Å². The molecular formula is C22H26N2O5S. The number of hydrogen-bond donors (Lipinski definition) is 0. The molecule has 0 aliphatic carbocycles. The number of methoxy groups -OCH3 is 2. The monoisotopic (exact) mass is 430 g/mol. The number of amides is 2. The molecule has 1 aliphatic heterocycles. The lowest BCUT2D eigenvalue weighted by Crippen LogP contribution is -2.37. The molecule has 0 saturated heterocycles. The smallest absolute Gasteiger partial charge is 0.282 e. The van der Waals surface area contributed by atoms with Crippen LogP contribution in [0, 0.1) is 0 Å². The van der Waals surface area contributed by atoms with Crippen molar-refractivity contribution < 1.29 is 23.8 Å². The van der Waals surface area contributed by atoms with Crippen molar-refractivity contribution in [1.82, 2.24) is 4.90 Å². The quantitative estimate of drug-likeness (QED) is 0.511. The van der Waals surface area contributed by atoms with E-state index in [9.17, 15) is 9.59 Å². The maximum absolute atomic E-state index is 13.5. The van der Waals surface area contributed by atoms with Gasteiger partial charge in [-0.2, -0.15) is 0 Å². The van der Waals surface area contributed by atoms with Gasteiger partial charge in [0.1, 0.15) is 11.4 Å². The average molecular weight is 431 g/mol. The van der Waals surface area contributed by atoms with E-state index in [1.807, 2.05) is 29.3 Å². The summed E-state index contributed by atoms with van der Waals surface area (Å²) in [4.78, 5) is 30.9. The van der Waals surface area contributed by atoms with Crippen LogP contribution in [0.3, 0.4) is 0 Å². The van der Waals surface area contributed by atoms with Crippen molar-refractivity contribution in [3.05, 3.63) is 52.4 Å². The summed E-state index contributed by atoms with van der Waals surface area (Å²) in [6, 6.07) is 10.8. The normalized spacial score (nSPS) is 14.0. The summed E-state index contributed by atoms with van der Waals surface area (Å²) in [7, 11) is 3.21. The molecule has 1 aromatic carbocycles. The van der Waals surface area contributed by atoms with Gasteiger partial charge >= 0.3 is 0 Å². The number of thiophene rings is 1. The van der Waals surface area contributed by atoms with Crippen LogP contribution >= 0.6 is 11.3 Å². The third-order valence-corrected chi connectivity index (χ3v) is 5.55. The zero-order chi connectivity index (χ0) is 21.5. The molecule has 2 aromatic rings. The fourth-order valence-electron chi connectivity index (χ4n) is 3.31. The van der Waals surface area contributed by atoms with E-state index in [0.29, 0.717) is 55.6 Å². The number of imide groups is 1. The van der Waals surface area contributed by atoms with Gasteiger partial charge in [0.15, 0.2) is 0 Å². The molecule has 7 nitrogen and oxygen atoms in total. The number of benzene rings is 1. The van der Waals surface area contributed by atoms with E-state index in [1.54, 1.807) is 38.5 Å². The molecule has 3 rings (SSSR count). The first-order valence-electron chi connectivity index (χ1n) is 9.75. The number of hydrogen-bond acceptors (Lipinski definition) is 7. The van der Waals surface area contributed by atoms with E-state index < -0.39 is 0 Å². The number of carbonyl (C=O) groups excluding carboxylic acids is 2. The Kier molecular flexibility index (Phi) is 7.62. The number of ether oxygens (including phenoxy) is 3. The minimum atomic E-state index is -0.357. The first-order valence-corrected chi connectivity index (χ1v) is 10.6. The van der Waals surface area contributed by atoms with Crippen LogP contribution in [-0.2, 0) is 19.1 Å². The number of nitrogens with zero attached hydrogens (tertiary/aromatic N) is 2. The van der Waals surface area contributed by atoms with Crippen molar-refractivity contribution in [3.63, 3.8) is 0 Å². The Morgan fingerprint density at radius 1 is 1.00 bits per heavy atom. The maximum Gasteiger partial charge on any atom is 0.282 e. The summed E-state index contributed by atoms with van der Waals surface area (Å²) < 4.78 is 16.0. The predicted molar refractivity (Wildman–Crippen MR) is 117 cm³/mol. The van der Waals surface area contributed by atoms with Gasteiger partial charge in [0, 0.05) is 38.3 Å². The van der Waals surface area contributed by atoms with Crippen LogP contribution in [0.2, 0.25) is 0 Å². The van der Waals surface area contributed by atoms with E-state index in [2.05, 4.69) is 0 Å². The van der Waals surface area contributed by atoms with Crippen molar-refractivity contribution in [1.29, 1.82) is 0 Å². The Morgan fingerprint density at radius 2 is 1.73 bits per heavy atom. The second-order valence-corrected chi connectivity index (χ2v) is 7.50. The van der Waals surface area contributed by atoms with Gasteiger partial charge in [-0.15, -0.1) is 11.3 Å².